The van der Waals surface area contributed by atoms with E-state index in [4.69, 9.17) is 9.47 Å². The van der Waals surface area contributed by atoms with Gasteiger partial charge in [-0.1, -0.05) is 30.3 Å². The van der Waals surface area contributed by atoms with Crippen LogP contribution in [-0.4, -0.2) is 57.1 Å². The molecule has 38 heavy (non-hydrogen) atoms. The Bertz CT molecular complexity index is 1370. The second kappa shape index (κ2) is 11.9. The average Bonchev–Trinajstić information content (AvgIpc) is 3.63. The first-order valence-electron chi connectivity index (χ1n) is 12.9. The van der Waals surface area contributed by atoms with Crippen molar-refractivity contribution >= 4 is 22.8 Å². The number of aromatic nitrogens is 4. The van der Waals surface area contributed by atoms with Crippen molar-refractivity contribution < 1.29 is 19.4 Å². The highest BCUT2D eigenvalue weighted by molar-refractivity contribution is 5.93. The zero-order chi connectivity index (χ0) is 26.3. The summed E-state index contributed by atoms with van der Waals surface area (Å²) in [5, 5.41) is 20.9. The first-order valence-corrected chi connectivity index (χ1v) is 12.9. The van der Waals surface area contributed by atoms with Crippen LogP contribution in [-0.2, 0) is 18.0 Å². The number of aromatic amines is 1. The maximum atomic E-state index is 12.0. The van der Waals surface area contributed by atoms with Gasteiger partial charge in [0.2, 0.25) is 0 Å². The van der Waals surface area contributed by atoms with Gasteiger partial charge in [-0.15, -0.1) is 0 Å². The summed E-state index contributed by atoms with van der Waals surface area (Å²) in [6, 6.07) is 17.2. The molecule has 1 amide bonds. The minimum Gasteiger partial charge on any atom is -0.491 e. The number of ether oxygens (including phenoxy) is 2. The number of aliphatic hydroxyl groups excluding tert-OH is 1. The number of fused-ring (bicyclic) bond motifs is 1. The summed E-state index contributed by atoms with van der Waals surface area (Å²) in [5.74, 6) is 1.87. The molecule has 1 fully saturated rings. The molecule has 2 aromatic carbocycles. The van der Waals surface area contributed by atoms with Crippen molar-refractivity contribution in [3.63, 3.8) is 0 Å². The quantitative estimate of drug-likeness (QED) is 0.286. The molecule has 3 heterocycles. The molecule has 2 aromatic heterocycles. The number of rotatable bonds is 10. The van der Waals surface area contributed by atoms with Gasteiger partial charge in [-0.3, -0.25) is 5.10 Å². The lowest BCUT2D eigenvalue weighted by Crippen LogP contribution is -2.28. The van der Waals surface area contributed by atoms with Crippen LogP contribution >= 0.6 is 0 Å². The molecule has 1 saturated heterocycles. The molecule has 0 radical (unpaired) electrons. The van der Waals surface area contributed by atoms with Crippen LogP contribution in [0.1, 0.15) is 37.6 Å². The second-order valence-corrected chi connectivity index (χ2v) is 9.37. The predicted molar refractivity (Wildman–Crippen MR) is 144 cm³/mol. The normalized spacial score (nSPS) is 14.0. The molecule has 0 aliphatic carbocycles. The van der Waals surface area contributed by atoms with Crippen LogP contribution < -0.4 is 15.0 Å². The van der Waals surface area contributed by atoms with E-state index in [0.717, 1.165) is 48.2 Å². The second-order valence-electron chi connectivity index (χ2n) is 9.37. The van der Waals surface area contributed by atoms with Crippen molar-refractivity contribution in [2.45, 2.75) is 45.5 Å². The molecular formula is C28H32N6O4. The Balaban J connectivity index is 1.21. The number of nitrogens with one attached hydrogen (secondary N) is 2. The van der Waals surface area contributed by atoms with Crippen molar-refractivity contribution in [3.8, 4) is 17.1 Å². The van der Waals surface area contributed by atoms with Crippen LogP contribution in [0.5, 0.6) is 5.75 Å². The third kappa shape index (κ3) is 6.20. The Morgan fingerprint density at radius 3 is 2.74 bits per heavy atom. The fraction of sp³-hybridized carbons (Fsp3) is 0.357. The Labute approximate surface area is 221 Å². The number of amides is 1. The Kier molecular flexibility index (Phi) is 7.98. The summed E-state index contributed by atoms with van der Waals surface area (Å²) >= 11 is 0. The summed E-state index contributed by atoms with van der Waals surface area (Å²) in [7, 11) is 0. The van der Waals surface area contributed by atoms with E-state index in [0.29, 0.717) is 35.9 Å². The van der Waals surface area contributed by atoms with Crippen LogP contribution in [0.3, 0.4) is 0 Å². The lowest BCUT2D eigenvalue weighted by molar-refractivity contribution is 0.137. The Hall–Kier alpha value is -4.18. The summed E-state index contributed by atoms with van der Waals surface area (Å²) in [4.78, 5) is 23.2. The van der Waals surface area contributed by atoms with Gasteiger partial charge in [-0.05, 0) is 43.5 Å². The molecule has 0 saturated carbocycles. The van der Waals surface area contributed by atoms with E-state index < -0.39 is 6.09 Å². The fourth-order valence-electron chi connectivity index (χ4n) is 4.49. The molecule has 5 rings (SSSR count). The van der Waals surface area contributed by atoms with E-state index in [2.05, 4.69) is 30.4 Å². The molecule has 0 unspecified atom stereocenters. The van der Waals surface area contributed by atoms with Crippen LogP contribution in [0.25, 0.3) is 22.3 Å². The van der Waals surface area contributed by atoms with Gasteiger partial charge < -0.3 is 24.8 Å². The number of aliphatic hydroxyl groups is 1. The zero-order valence-electron chi connectivity index (χ0n) is 21.4. The largest absolute Gasteiger partial charge is 0.491 e. The molecule has 4 aromatic rings. The van der Waals surface area contributed by atoms with E-state index in [9.17, 15) is 9.90 Å². The molecule has 198 valence electrons. The minimum atomic E-state index is -0.453. The van der Waals surface area contributed by atoms with Gasteiger partial charge in [0.1, 0.15) is 30.5 Å². The van der Waals surface area contributed by atoms with Gasteiger partial charge in [-0.25, -0.2) is 14.8 Å². The van der Waals surface area contributed by atoms with E-state index in [-0.39, 0.29) is 19.3 Å². The third-order valence-electron chi connectivity index (χ3n) is 6.48. The highest BCUT2D eigenvalue weighted by Gasteiger charge is 2.19. The van der Waals surface area contributed by atoms with Gasteiger partial charge in [-0.2, -0.15) is 5.10 Å². The van der Waals surface area contributed by atoms with Crippen molar-refractivity contribution in [2.24, 2.45) is 0 Å². The van der Waals surface area contributed by atoms with E-state index in [1.165, 1.54) is 0 Å². The molecule has 0 bridgehead atoms. The Morgan fingerprint density at radius 2 is 1.95 bits per heavy atom. The maximum absolute atomic E-state index is 12.0. The number of nitrogens with zero attached hydrogens (tertiary/aromatic N) is 4. The van der Waals surface area contributed by atoms with Gasteiger partial charge in [0.25, 0.3) is 0 Å². The number of benzene rings is 2. The highest BCUT2D eigenvalue weighted by Crippen LogP contribution is 2.31. The molecular weight excluding hydrogens is 484 g/mol. The molecule has 1 atom stereocenters. The number of hydrogen-bond donors (Lipinski definition) is 3. The maximum Gasteiger partial charge on any atom is 0.407 e. The first kappa shape index (κ1) is 25.5. The summed E-state index contributed by atoms with van der Waals surface area (Å²) in [5.41, 5.74) is 3.13. The van der Waals surface area contributed by atoms with Crippen molar-refractivity contribution in [3.05, 3.63) is 66.0 Å². The fourth-order valence-corrected chi connectivity index (χ4v) is 4.49. The van der Waals surface area contributed by atoms with E-state index in [1.807, 2.05) is 61.5 Å². The van der Waals surface area contributed by atoms with E-state index >= 15 is 0 Å². The molecule has 10 nitrogen and oxygen atoms in total. The van der Waals surface area contributed by atoms with E-state index in [1.54, 1.807) is 0 Å². The SMILES string of the molecule is C[C@H](CCNC(=O)OCc1ccccc1)Oc1ccc2[nH]nc(-c3cc(N4CCCC4)nc(CO)n3)c2c1. The lowest BCUT2D eigenvalue weighted by Gasteiger charge is -2.17. The standard InChI is InChI=1S/C28H32N6O4/c1-19(11-12-29-28(36)37-18-20-7-3-2-4-8-20)38-21-9-10-23-22(15-21)27(33-32-23)24-16-26(31-25(17-35)30-24)34-13-5-6-14-34/h2-4,7-10,15-16,19,35H,5-6,11-14,17-18H2,1H3,(H,29,36)(H,32,33)/t19-/m1/s1. The van der Waals surface area contributed by atoms with Crippen LogP contribution in [0.15, 0.2) is 54.6 Å². The number of carbonyl (C=O) groups excluding carboxylic acids is 1. The average molecular weight is 517 g/mol. The van der Waals surface area contributed by atoms with Crippen LogP contribution in [0.4, 0.5) is 10.6 Å². The van der Waals surface area contributed by atoms with Crippen molar-refractivity contribution in [1.82, 2.24) is 25.5 Å². The molecule has 0 spiro atoms. The molecule has 1 aliphatic heterocycles. The van der Waals surface area contributed by atoms with Crippen molar-refractivity contribution in [2.75, 3.05) is 24.5 Å². The Morgan fingerprint density at radius 1 is 1.13 bits per heavy atom. The smallest absolute Gasteiger partial charge is 0.407 e. The number of hydrogen-bond acceptors (Lipinski definition) is 8. The first-order chi connectivity index (χ1) is 18.6. The van der Waals surface area contributed by atoms with Crippen LogP contribution in [0, 0.1) is 0 Å². The molecule has 10 heteroatoms. The number of anilines is 1. The topological polar surface area (TPSA) is 125 Å². The summed E-state index contributed by atoms with van der Waals surface area (Å²) < 4.78 is 11.4. The van der Waals surface area contributed by atoms with Gasteiger partial charge in [0, 0.05) is 37.5 Å². The predicted octanol–water partition coefficient (Wildman–Crippen LogP) is 4.20. The van der Waals surface area contributed by atoms with Gasteiger partial charge in [0.05, 0.1) is 17.3 Å². The van der Waals surface area contributed by atoms with Gasteiger partial charge in [0.15, 0.2) is 5.82 Å². The summed E-state index contributed by atoms with van der Waals surface area (Å²) in [6.07, 6.45) is 2.27. The highest BCUT2D eigenvalue weighted by atomic mass is 16.5. The number of alkyl carbamates (subject to hydrolysis) is 1. The third-order valence-corrected chi connectivity index (χ3v) is 6.48. The molecule has 3 N–H and O–H groups in total. The van der Waals surface area contributed by atoms with Crippen LogP contribution in [0.2, 0.25) is 0 Å². The zero-order valence-corrected chi connectivity index (χ0v) is 21.4. The lowest BCUT2D eigenvalue weighted by atomic mass is 10.1. The number of H-pyrrole nitrogens is 1. The molecule has 1 aliphatic rings. The van der Waals surface area contributed by atoms with Gasteiger partial charge >= 0.3 is 6.09 Å². The summed E-state index contributed by atoms with van der Waals surface area (Å²) in [6.45, 7) is 4.26. The monoisotopic (exact) mass is 516 g/mol. The number of carbonyl (C=O) groups is 1. The van der Waals surface area contributed by atoms with Crippen molar-refractivity contribution in [1.29, 1.82) is 0 Å². The minimum absolute atomic E-state index is 0.140.